The van der Waals surface area contributed by atoms with Crippen molar-refractivity contribution in [3.8, 4) is 0 Å². The molecule has 0 spiro atoms. The van der Waals surface area contributed by atoms with Crippen LogP contribution in [0.25, 0.3) is 6.08 Å². The van der Waals surface area contributed by atoms with Crippen LogP contribution < -0.4 is 11.1 Å². The van der Waals surface area contributed by atoms with Crippen molar-refractivity contribution in [2.45, 2.75) is 0 Å². The lowest BCUT2D eigenvalue weighted by molar-refractivity contribution is 0.100. The fraction of sp³-hybridized carbons (Fsp3) is 0.0625. The van der Waals surface area contributed by atoms with Gasteiger partial charge in [-0.05, 0) is 29.8 Å². The van der Waals surface area contributed by atoms with Gasteiger partial charge in [0.25, 0.3) is 0 Å². The summed E-state index contributed by atoms with van der Waals surface area (Å²) in [5, 5.41) is 3.24. The van der Waals surface area contributed by atoms with E-state index in [4.69, 9.17) is 5.73 Å². The summed E-state index contributed by atoms with van der Waals surface area (Å²) in [6, 6.07) is 17.2. The largest absolute Gasteiger partial charge is 0.382 e. The van der Waals surface area contributed by atoms with E-state index in [1.54, 1.807) is 12.1 Å². The van der Waals surface area contributed by atoms with Gasteiger partial charge in [-0.2, -0.15) is 0 Å². The number of carbonyl (C=O) groups excluding carboxylic acids is 1. The minimum Gasteiger partial charge on any atom is -0.382 e. The third-order valence-electron chi connectivity index (χ3n) is 2.70. The first-order chi connectivity index (χ1) is 9.25. The van der Waals surface area contributed by atoms with Crippen molar-refractivity contribution in [3.63, 3.8) is 0 Å². The summed E-state index contributed by atoms with van der Waals surface area (Å²) in [5.74, 6) is -0.407. The molecule has 0 heterocycles. The molecule has 0 aliphatic heterocycles. The summed E-state index contributed by atoms with van der Waals surface area (Å²) in [7, 11) is 0. The zero-order valence-corrected chi connectivity index (χ0v) is 10.5. The Kier molecular flexibility index (Phi) is 4.34. The van der Waals surface area contributed by atoms with Crippen LogP contribution in [0.3, 0.4) is 0 Å². The van der Waals surface area contributed by atoms with Gasteiger partial charge >= 0.3 is 0 Å². The second-order valence-corrected chi connectivity index (χ2v) is 4.14. The molecule has 2 rings (SSSR count). The molecule has 0 unspecified atom stereocenters. The summed E-state index contributed by atoms with van der Waals surface area (Å²) in [6.07, 6.45) is 4.11. The van der Waals surface area contributed by atoms with Crippen LogP contribution in [-0.2, 0) is 0 Å². The first-order valence-corrected chi connectivity index (χ1v) is 6.11. The van der Waals surface area contributed by atoms with Crippen LogP contribution in [0.1, 0.15) is 15.9 Å². The van der Waals surface area contributed by atoms with Crippen LogP contribution in [-0.4, -0.2) is 12.5 Å². The Morgan fingerprint density at radius 3 is 2.37 bits per heavy atom. The number of nitrogens with one attached hydrogen (secondary N) is 1. The molecule has 0 saturated carbocycles. The van der Waals surface area contributed by atoms with Crippen LogP contribution >= 0.6 is 0 Å². The Labute approximate surface area is 112 Å². The Balaban J connectivity index is 1.86. The van der Waals surface area contributed by atoms with E-state index < -0.39 is 5.91 Å². The minimum absolute atomic E-state index is 0.407. The number of anilines is 1. The van der Waals surface area contributed by atoms with Crippen molar-refractivity contribution in [3.05, 3.63) is 71.8 Å². The predicted molar refractivity (Wildman–Crippen MR) is 78.9 cm³/mol. The Morgan fingerprint density at radius 1 is 1.05 bits per heavy atom. The molecule has 3 N–H and O–H groups in total. The number of hydrogen-bond acceptors (Lipinski definition) is 2. The molecule has 0 fully saturated rings. The molecule has 0 atom stereocenters. The number of primary amides is 1. The molecular weight excluding hydrogens is 236 g/mol. The van der Waals surface area contributed by atoms with E-state index in [1.807, 2.05) is 30.3 Å². The smallest absolute Gasteiger partial charge is 0.248 e. The number of nitrogens with two attached hydrogens (primary N) is 1. The van der Waals surface area contributed by atoms with Gasteiger partial charge in [0.05, 0.1) is 0 Å². The van der Waals surface area contributed by atoms with Crippen LogP contribution in [0.5, 0.6) is 0 Å². The quantitative estimate of drug-likeness (QED) is 0.859. The maximum Gasteiger partial charge on any atom is 0.248 e. The van der Waals surface area contributed by atoms with E-state index in [0.717, 1.165) is 12.2 Å². The lowest BCUT2D eigenvalue weighted by Gasteiger charge is -2.03. The molecule has 96 valence electrons. The lowest BCUT2D eigenvalue weighted by atomic mass is 10.2. The van der Waals surface area contributed by atoms with E-state index in [9.17, 15) is 4.79 Å². The molecule has 3 nitrogen and oxygen atoms in total. The highest BCUT2D eigenvalue weighted by Crippen LogP contribution is 2.09. The zero-order valence-electron chi connectivity index (χ0n) is 10.5. The van der Waals surface area contributed by atoms with Crippen molar-refractivity contribution < 1.29 is 4.79 Å². The van der Waals surface area contributed by atoms with Crippen LogP contribution in [0, 0.1) is 0 Å². The first-order valence-electron chi connectivity index (χ1n) is 6.11. The lowest BCUT2D eigenvalue weighted by Crippen LogP contribution is -2.10. The summed E-state index contributed by atoms with van der Waals surface area (Å²) in [5.41, 5.74) is 7.83. The predicted octanol–water partition coefficient (Wildman–Crippen LogP) is 2.91. The van der Waals surface area contributed by atoms with Gasteiger partial charge < -0.3 is 11.1 Å². The summed E-state index contributed by atoms with van der Waals surface area (Å²) in [6.45, 7) is 0.727. The van der Waals surface area contributed by atoms with Crippen LogP contribution in [0.15, 0.2) is 60.7 Å². The molecule has 1 amide bonds. The Bertz CT molecular complexity index is 559. The highest BCUT2D eigenvalue weighted by molar-refractivity contribution is 5.93. The normalized spacial score (nSPS) is 10.5. The van der Waals surface area contributed by atoms with Crippen molar-refractivity contribution in [1.82, 2.24) is 0 Å². The minimum atomic E-state index is -0.407. The van der Waals surface area contributed by atoms with Gasteiger partial charge in [0.2, 0.25) is 5.91 Å². The second-order valence-electron chi connectivity index (χ2n) is 4.14. The summed E-state index contributed by atoms with van der Waals surface area (Å²) >= 11 is 0. The number of amides is 1. The van der Waals surface area contributed by atoms with Gasteiger partial charge in [-0.3, -0.25) is 4.79 Å². The Morgan fingerprint density at radius 2 is 1.74 bits per heavy atom. The van der Waals surface area contributed by atoms with Crippen molar-refractivity contribution >= 4 is 17.7 Å². The van der Waals surface area contributed by atoms with Gasteiger partial charge in [0.15, 0.2) is 0 Å². The van der Waals surface area contributed by atoms with Gasteiger partial charge in [0, 0.05) is 17.8 Å². The number of hydrogen-bond donors (Lipinski definition) is 2. The van der Waals surface area contributed by atoms with Crippen molar-refractivity contribution in [1.29, 1.82) is 0 Å². The van der Waals surface area contributed by atoms with Crippen LogP contribution in [0.4, 0.5) is 5.69 Å². The standard InChI is InChI=1S/C16H16N2O/c17-16(19)14-8-10-15(11-9-14)18-12-4-7-13-5-2-1-3-6-13/h1-11,18H,12H2,(H2,17,19)/b7-4+. The average molecular weight is 252 g/mol. The monoisotopic (exact) mass is 252 g/mol. The number of rotatable bonds is 5. The number of carbonyl (C=O) groups is 1. The van der Waals surface area contributed by atoms with E-state index >= 15 is 0 Å². The number of benzene rings is 2. The molecule has 0 aromatic heterocycles. The molecule has 2 aromatic rings. The van der Waals surface area contributed by atoms with Gasteiger partial charge in [-0.25, -0.2) is 0 Å². The van der Waals surface area contributed by atoms with Crippen LogP contribution in [0.2, 0.25) is 0 Å². The van der Waals surface area contributed by atoms with E-state index in [-0.39, 0.29) is 0 Å². The van der Waals surface area contributed by atoms with E-state index in [1.165, 1.54) is 5.56 Å². The molecular formula is C16H16N2O. The van der Waals surface area contributed by atoms with Crippen molar-refractivity contribution in [2.24, 2.45) is 5.73 Å². The molecule has 0 aliphatic rings. The third kappa shape index (κ3) is 4.00. The topological polar surface area (TPSA) is 55.1 Å². The fourth-order valence-corrected chi connectivity index (χ4v) is 1.69. The third-order valence-corrected chi connectivity index (χ3v) is 2.70. The maximum absolute atomic E-state index is 10.9. The van der Waals surface area contributed by atoms with Gasteiger partial charge in [-0.15, -0.1) is 0 Å². The summed E-state index contributed by atoms with van der Waals surface area (Å²) in [4.78, 5) is 10.9. The fourth-order valence-electron chi connectivity index (χ4n) is 1.69. The van der Waals surface area contributed by atoms with E-state index in [0.29, 0.717) is 5.56 Å². The molecule has 3 heteroatoms. The molecule has 0 radical (unpaired) electrons. The first kappa shape index (κ1) is 12.9. The molecule has 0 aliphatic carbocycles. The molecule has 2 aromatic carbocycles. The van der Waals surface area contributed by atoms with Gasteiger partial charge in [0.1, 0.15) is 0 Å². The SMILES string of the molecule is NC(=O)c1ccc(NC/C=C/c2ccccc2)cc1. The zero-order chi connectivity index (χ0) is 13.5. The molecule has 0 bridgehead atoms. The Hall–Kier alpha value is -2.55. The van der Waals surface area contributed by atoms with Gasteiger partial charge in [-0.1, -0.05) is 42.5 Å². The van der Waals surface area contributed by atoms with E-state index in [2.05, 4.69) is 29.6 Å². The molecule has 19 heavy (non-hydrogen) atoms. The maximum atomic E-state index is 10.9. The highest BCUT2D eigenvalue weighted by Gasteiger charge is 1.98. The summed E-state index contributed by atoms with van der Waals surface area (Å²) < 4.78 is 0. The average Bonchev–Trinajstić information content (AvgIpc) is 2.45. The van der Waals surface area contributed by atoms with Crippen molar-refractivity contribution in [2.75, 3.05) is 11.9 Å². The molecule has 0 saturated heterocycles. The second kappa shape index (κ2) is 6.40. The highest BCUT2D eigenvalue weighted by atomic mass is 16.1.